The highest BCUT2D eigenvalue weighted by Gasteiger charge is 2.23. The van der Waals surface area contributed by atoms with Crippen LogP contribution in [0.15, 0.2) is 0 Å². The number of aryl methyl sites for hydroxylation is 1. The van der Waals surface area contributed by atoms with Crippen molar-refractivity contribution in [3.8, 4) is 0 Å². The maximum absolute atomic E-state index is 12.1. The van der Waals surface area contributed by atoms with Crippen molar-refractivity contribution in [3.63, 3.8) is 0 Å². The zero-order valence-electron chi connectivity index (χ0n) is 12.5. The number of aliphatic carboxylic acids is 1. The van der Waals surface area contributed by atoms with E-state index >= 15 is 0 Å². The fourth-order valence-corrected chi connectivity index (χ4v) is 2.71. The Balaban J connectivity index is 2.92. The third kappa shape index (κ3) is 4.86. The molecule has 7 heteroatoms. The van der Waals surface area contributed by atoms with Gasteiger partial charge in [-0.3, -0.25) is 9.59 Å². The Kier molecular flexibility index (Phi) is 5.90. The van der Waals surface area contributed by atoms with Crippen molar-refractivity contribution in [3.05, 3.63) is 16.0 Å². The highest BCUT2D eigenvalue weighted by molar-refractivity contribution is 7.16. The zero-order chi connectivity index (χ0) is 16.2. The lowest BCUT2D eigenvalue weighted by molar-refractivity contribution is -0.138. The standard InChI is InChI=1S/C14H19NO5S/c1-7(2)20-14(19)12-8(3)9(4)21-13(12)15-10(16)5-6-11(17)18/h7H,5-6H2,1-4H3,(H,15,16)(H,17,18). The Morgan fingerprint density at radius 1 is 1.24 bits per heavy atom. The van der Waals surface area contributed by atoms with Crippen LogP contribution in [-0.4, -0.2) is 29.1 Å². The van der Waals surface area contributed by atoms with Crippen LogP contribution >= 0.6 is 11.3 Å². The number of amides is 1. The fourth-order valence-electron chi connectivity index (χ4n) is 1.64. The number of hydrogen-bond donors (Lipinski definition) is 2. The normalized spacial score (nSPS) is 10.5. The smallest absolute Gasteiger partial charge is 0.341 e. The van der Waals surface area contributed by atoms with Gasteiger partial charge in [-0.15, -0.1) is 11.3 Å². The van der Waals surface area contributed by atoms with Gasteiger partial charge in [-0.1, -0.05) is 0 Å². The Morgan fingerprint density at radius 3 is 2.38 bits per heavy atom. The molecule has 0 spiro atoms. The highest BCUT2D eigenvalue weighted by atomic mass is 32.1. The quantitative estimate of drug-likeness (QED) is 0.788. The Bertz CT molecular complexity index is 562. The molecule has 0 aromatic carbocycles. The number of carboxylic acids is 1. The maximum atomic E-state index is 12.1. The molecule has 0 saturated carbocycles. The summed E-state index contributed by atoms with van der Waals surface area (Å²) >= 11 is 1.28. The summed E-state index contributed by atoms with van der Waals surface area (Å²) in [5.41, 5.74) is 1.11. The Labute approximate surface area is 127 Å². The van der Waals surface area contributed by atoms with Crippen LogP contribution in [0.1, 0.15) is 47.5 Å². The average molecular weight is 313 g/mol. The molecule has 0 radical (unpaired) electrons. The summed E-state index contributed by atoms with van der Waals surface area (Å²) < 4.78 is 5.17. The first-order valence-electron chi connectivity index (χ1n) is 6.55. The van der Waals surface area contributed by atoms with Gasteiger partial charge in [0.1, 0.15) is 5.00 Å². The Morgan fingerprint density at radius 2 is 1.86 bits per heavy atom. The van der Waals surface area contributed by atoms with Gasteiger partial charge in [0.15, 0.2) is 0 Å². The first-order valence-corrected chi connectivity index (χ1v) is 7.36. The molecule has 1 rings (SSSR count). The molecule has 0 unspecified atom stereocenters. The topological polar surface area (TPSA) is 92.7 Å². The largest absolute Gasteiger partial charge is 0.481 e. The van der Waals surface area contributed by atoms with Gasteiger partial charge in [-0.05, 0) is 33.3 Å². The van der Waals surface area contributed by atoms with Crippen molar-refractivity contribution in [2.45, 2.75) is 46.6 Å². The van der Waals surface area contributed by atoms with Gasteiger partial charge in [-0.2, -0.15) is 0 Å². The van der Waals surface area contributed by atoms with Crippen molar-refractivity contribution >= 4 is 34.2 Å². The van der Waals surface area contributed by atoms with Crippen LogP contribution in [-0.2, 0) is 14.3 Å². The monoisotopic (exact) mass is 313 g/mol. The average Bonchev–Trinajstić information content (AvgIpc) is 2.61. The lowest BCUT2D eigenvalue weighted by atomic mass is 10.1. The van der Waals surface area contributed by atoms with E-state index in [2.05, 4.69) is 5.32 Å². The number of thiophene rings is 1. The number of ether oxygens (including phenoxy) is 1. The molecule has 0 bridgehead atoms. The van der Waals surface area contributed by atoms with Crippen LogP contribution < -0.4 is 5.32 Å². The molecular formula is C14H19NO5S. The van der Waals surface area contributed by atoms with Crippen molar-refractivity contribution in [2.75, 3.05) is 5.32 Å². The zero-order valence-corrected chi connectivity index (χ0v) is 13.3. The van der Waals surface area contributed by atoms with E-state index in [9.17, 15) is 14.4 Å². The van der Waals surface area contributed by atoms with E-state index in [0.717, 1.165) is 10.4 Å². The number of esters is 1. The lowest BCUT2D eigenvalue weighted by Crippen LogP contribution is -2.17. The van der Waals surface area contributed by atoms with Gasteiger partial charge in [0.2, 0.25) is 5.91 Å². The van der Waals surface area contributed by atoms with Gasteiger partial charge < -0.3 is 15.2 Å². The lowest BCUT2D eigenvalue weighted by Gasteiger charge is -2.10. The number of carboxylic acid groups (broad SMARTS) is 1. The van der Waals surface area contributed by atoms with Gasteiger partial charge in [0.05, 0.1) is 18.1 Å². The van der Waals surface area contributed by atoms with E-state index in [1.165, 1.54) is 11.3 Å². The van der Waals surface area contributed by atoms with E-state index in [1.54, 1.807) is 20.8 Å². The van der Waals surface area contributed by atoms with Crippen LogP contribution in [0.5, 0.6) is 0 Å². The van der Waals surface area contributed by atoms with Crippen LogP contribution in [0.3, 0.4) is 0 Å². The molecular weight excluding hydrogens is 294 g/mol. The van der Waals surface area contributed by atoms with Gasteiger partial charge in [0, 0.05) is 11.3 Å². The molecule has 0 atom stereocenters. The number of rotatable bonds is 6. The summed E-state index contributed by atoms with van der Waals surface area (Å²) in [5, 5.41) is 11.6. The molecule has 116 valence electrons. The number of carbonyl (C=O) groups is 3. The van der Waals surface area contributed by atoms with Gasteiger partial charge in [0.25, 0.3) is 0 Å². The highest BCUT2D eigenvalue weighted by Crippen LogP contribution is 2.33. The van der Waals surface area contributed by atoms with E-state index < -0.39 is 17.8 Å². The molecule has 1 heterocycles. The summed E-state index contributed by atoms with van der Waals surface area (Å²) in [4.78, 5) is 35.2. The van der Waals surface area contributed by atoms with Crippen LogP contribution in [0.4, 0.5) is 5.00 Å². The van der Waals surface area contributed by atoms with Gasteiger partial charge in [-0.25, -0.2) is 4.79 Å². The van der Waals surface area contributed by atoms with E-state index in [-0.39, 0.29) is 18.9 Å². The second-order valence-electron chi connectivity index (χ2n) is 4.88. The number of carbonyl (C=O) groups excluding carboxylic acids is 2. The SMILES string of the molecule is Cc1sc(NC(=O)CCC(=O)O)c(C(=O)OC(C)C)c1C. The third-order valence-electron chi connectivity index (χ3n) is 2.75. The summed E-state index contributed by atoms with van der Waals surface area (Å²) in [6.45, 7) is 7.13. The summed E-state index contributed by atoms with van der Waals surface area (Å²) in [6, 6.07) is 0. The molecule has 6 nitrogen and oxygen atoms in total. The second kappa shape index (κ2) is 7.21. The van der Waals surface area contributed by atoms with Crippen molar-refractivity contribution in [1.29, 1.82) is 0 Å². The van der Waals surface area contributed by atoms with Gasteiger partial charge >= 0.3 is 11.9 Å². The minimum absolute atomic E-state index is 0.135. The van der Waals surface area contributed by atoms with Crippen LogP contribution in [0, 0.1) is 13.8 Å². The molecule has 0 saturated heterocycles. The fraction of sp³-hybridized carbons (Fsp3) is 0.500. The second-order valence-corrected chi connectivity index (χ2v) is 6.11. The summed E-state index contributed by atoms with van der Waals surface area (Å²) in [5.74, 6) is -1.96. The summed E-state index contributed by atoms with van der Waals surface area (Å²) in [6.07, 6.45) is -0.641. The predicted molar refractivity (Wildman–Crippen MR) is 79.8 cm³/mol. The molecule has 0 fully saturated rings. The minimum atomic E-state index is -1.04. The number of anilines is 1. The van der Waals surface area contributed by atoms with E-state index in [1.807, 2.05) is 6.92 Å². The minimum Gasteiger partial charge on any atom is -0.481 e. The molecule has 1 aromatic rings. The molecule has 0 aliphatic carbocycles. The molecule has 1 aromatic heterocycles. The maximum Gasteiger partial charge on any atom is 0.341 e. The molecule has 1 amide bonds. The third-order valence-corrected chi connectivity index (χ3v) is 3.87. The van der Waals surface area contributed by atoms with Crippen molar-refractivity contribution < 1.29 is 24.2 Å². The predicted octanol–water partition coefficient (Wildman–Crippen LogP) is 2.73. The van der Waals surface area contributed by atoms with E-state index in [4.69, 9.17) is 9.84 Å². The molecule has 2 N–H and O–H groups in total. The summed E-state index contributed by atoms with van der Waals surface area (Å²) in [7, 11) is 0. The first kappa shape index (κ1) is 17.2. The Hall–Kier alpha value is -1.89. The van der Waals surface area contributed by atoms with Crippen molar-refractivity contribution in [1.82, 2.24) is 0 Å². The van der Waals surface area contributed by atoms with Crippen molar-refractivity contribution in [2.24, 2.45) is 0 Å². The molecule has 0 aliphatic heterocycles. The van der Waals surface area contributed by atoms with Crippen LogP contribution in [0.25, 0.3) is 0 Å². The van der Waals surface area contributed by atoms with Crippen LogP contribution in [0.2, 0.25) is 0 Å². The molecule has 21 heavy (non-hydrogen) atoms. The first-order chi connectivity index (χ1) is 9.72. The van der Waals surface area contributed by atoms with E-state index in [0.29, 0.717) is 10.6 Å². The number of hydrogen-bond acceptors (Lipinski definition) is 5. The number of nitrogens with one attached hydrogen (secondary N) is 1. The molecule has 0 aliphatic rings.